The highest BCUT2D eigenvalue weighted by Gasteiger charge is 2.17. The third-order valence-corrected chi connectivity index (χ3v) is 2.98. The minimum Gasteiger partial charge on any atom is -0.423 e. The first-order valence-electron chi connectivity index (χ1n) is 5.94. The van der Waals surface area contributed by atoms with E-state index in [0.717, 1.165) is 31.8 Å². The second-order valence-corrected chi connectivity index (χ2v) is 4.54. The summed E-state index contributed by atoms with van der Waals surface area (Å²) in [5.74, 6) is 0. The Bertz CT molecular complexity index is 373. The van der Waals surface area contributed by atoms with Gasteiger partial charge >= 0.3 is 7.12 Å². The smallest absolute Gasteiger partial charge is 0.423 e. The molecule has 0 radical (unpaired) electrons. The lowest BCUT2D eigenvalue weighted by atomic mass is 9.79. The third-order valence-electron chi connectivity index (χ3n) is 2.98. The van der Waals surface area contributed by atoms with Crippen LogP contribution in [0.5, 0.6) is 0 Å². The number of ether oxygens (including phenoxy) is 1. The fraction of sp³-hybridized carbons (Fsp3) is 0.500. The van der Waals surface area contributed by atoms with Gasteiger partial charge in [-0.05, 0) is 17.9 Å². The van der Waals surface area contributed by atoms with Crippen molar-refractivity contribution in [3.8, 4) is 0 Å². The largest absolute Gasteiger partial charge is 0.488 e. The molecule has 92 valence electrons. The van der Waals surface area contributed by atoms with Gasteiger partial charge in [0.05, 0.1) is 12.7 Å². The Morgan fingerprint density at radius 3 is 3.00 bits per heavy atom. The van der Waals surface area contributed by atoms with E-state index in [0.29, 0.717) is 5.46 Å². The fourth-order valence-corrected chi connectivity index (χ4v) is 2.14. The highest BCUT2D eigenvalue weighted by Crippen LogP contribution is 2.09. The van der Waals surface area contributed by atoms with E-state index in [1.807, 2.05) is 18.2 Å². The average Bonchev–Trinajstić information content (AvgIpc) is 2.29. The van der Waals surface area contributed by atoms with E-state index in [-0.39, 0.29) is 6.10 Å². The van der Waals surface area contributed by atoms with E-state index in [4.69, 9.17) is 14.8 Å². The second kappa shape index (κ2) is 5.64. The number of rotatable bonds is 3. The summed E-state index contributed by atoms with van der Waals surface area (Å²) in [6.45, 7) is 5.51. The zero-order valence-corrected chi connectivity index (χ0v) is 10.0. The standard InChI is InChI=1S/C12H18BNO3/c1-10-8-14(5-6-17-10)9-11-3-2-4-12(7-11)13(15)16/h2-4,7,10,15-16H,5-6,8-9H2,1H3. The zero-order chi connectivity index (χ0) is 12.3. The van der Waals surface area contributed by atoms with Gasteiger partial charge in [-0.1, -0.05) is 24.3 Å². The van der Waals surface area contributed by atoms with E-state index in [9.17, 15) is 0 Å². The number of hydrogen-bond donors (Lipinski definition) is 2. The van der Waals surface area contributed by atoms with Crippen molar-refractivity contribution >= 4 is 12.6 Å². The molecule has 1 unspecified atom stereocenters. The van der Waals surface area contributed by atoms with Crippen molar-refractivity contribution in [3.05, 3.63) is 29.8 Å². The molecule has 2 rings (SSSR count). The Labute approximate surface area is 102 Å². The quantitative estimate of drug-likeness (QED) is 0.699. The van der Waals surface area contributed by atoms with Crippen LogP contribution in [0.15, 0.2) is 24.3 Å². The van der Waals surface area contributed by atoms with Crippen molar-refractivity contribution in [2.45, 2.75) is 19.6 Å². The Kier molecular flexibility index (Phi) is 4.18. The van der Waals surface area contributed by atoms with Crippen molar-refractivity contribution in [1.29, 1.82) is 0 Å². The van der Waals surface area contributed by atoms with Gasteiger partial charge in [0.2, 0.25) is 0 Å². The van der Waals surface area contributed by atoms with Gasteiger partial charge in [0, 0.05) is 19.6 Å². The molecular formula is C12H18BNO3. The van der Waals surface area contributed by atoms with Gasteiger partial charge in [0.1, 0.15) is 0 Å². The van der Waals surface area contributed by atoms with Crippen LogP contribution in [0.2, 0.25) is 0 Å². The predicted molar refractivity (Wildman–Crippen MR) is 67.0 cm³/mol. The molecule has 0 aromatic heterocycles. The molecule has 1 atom stereocenters. The lowest BCUT2D eigenvalue weighted by Crippen LogP contribution is -2.40. The fourth-order valence-electron chi connectivity index (χ4n) is 2.14. The monoisotopic (exact) mass is 235 g/mol. The third kappa shape index (κ3) is 3.54. The molecule has 0 aliphatic carbocycles. The maximum absolute atomic E-state index is 9.12. The van der Waals surface area contributed by atoms with Crippen LogP contribution in [0.3, 0.4) is 0 Å². The number of morpholine rings is 1. The summed E-state index contributed by atoms with van der Waals surface area (Å²) >= 11 is 0. The number of nitrogens with zero attached hydrogens (tertiary/aromatic N) is 1. The van der Waals surface area contributed by atoms with Crippen LogP contribution in [0.1, 0.15) is 12.5 Å². The summed E-state index contributed by atoms with van der Waals surface area (Å²) in [7, 11) is -1.39. The maximum Gasteiger partial charge on any atom is 0.488 e. The lowest BCUT2D eigenvalue weighted by molar-refractivity contribution is -0.0212. The highest BCUT2D eigenvalue weighted by atomic mass is 16.5. The van der Waals surface area contributed by atoms with Crippen molar-refractivity contribution in [1.82, 2.24) is 4.90 Å². The number of hydrogen-bond acceptors (Lipinski definition) is 4. The molecule has 5 heteroatoms. The van der Waals surface area contributed by atoms with Gasteiger partial charge in [0.15, 0.2) is 0 Å². The summed E-state index contributed by atoms with van der Waals surface area (Å²) in [6, 6.07) is 7.42. The van der Waals surface area contributed by atoms with Crippen molar-refractivity contribution in [3.63, 3.8) is 0 Å². The molecule has 0 saturated carbocycles. The second-order valence-electron chi connectivity index (χ2n) is 4.54. The number of benzene rings is 1. The molecule has 1 aliphatic rings. The van der Waals surface area contributed by atoms with Crippen LogP contribution in [-0.2, 0) is 11.3 Å². The van der Waals surface area contributed by atoms with Gasteiger partial charge in [0.25, 0.3) is 0 Å². The van der Waals surface area contributed by atoms with Crippen molar-refractivity contribution in [2.24, 2.45) is 0 Å². The minimum absolute atomic E-state index is 0.273. The summed E-state index contributed by atoms with van der Waals surface area (Å²) in [6.07, 6.45) is 0.273. The molecule has 0 bridgehead atoms. The molecule has 2 N–H and O–H groups in total. The first kappa shape index (κ1) is 12.6. The van der Waals surface area contributed by atoms with Gasteiger partial charge in [-0.3, -0.25) is 4.90 Å². The average molecular weight is 235 g/mol. The summed E-state index contributed by atoms with van der Waals surface area (Å²) < 4.78 is 5.49. The molecule has 0 amide bonds. The molecule has 0 spiro atoms. The minimum atomic E-state index is -1.39. The van der Waals surface area contributed by atoms with Crippen LogP contribution in [0.25, 0.3) is 0 Å². The van der Waals surface area contributed by atoms with Crippen LogP contribution in [-0.4, -0.2) is 47.9 Å². The Morgan fingerprint density at radius 2 is 2.29 bits per heavy atom. The first-order valence-corrected chi connectivity index (χ1v) is 5.94. The molecule has 4 nitrogen and oxygen atoms in total. The SMILES string of the molecule is CC1CN(Cc2cccc(B(O)O)c2)CCO1. The van der Waals surface area contributed by atoms with Crippen LogP contribution in [0.4, 0.5) is 0 Å². The normalized spacial score (nSPS) is 21.5. The molecule has 1 fully saturated rings. The first-order chi connectivity index (χ1) is 8.15. The molecule has 1 aromatic rings. The van der Waals surface area contributed by atoms with Gasteiger partial charge in [-0.2, -0.15) is 0 Å². The van der Waals surface area contributed by atoms with Crippen molar-refractivity contribution in [2.75, 3.05) is 19.7 Å². The van der Waals surface area contributed by atoms with E-state index in [1.165, 1.54) is 0 Å². The topological polar surface area (TPSA) is 52.9 Å². The van der Waals surface area contributed by atoms with Crippen LogP contribution in [0, 0.1) is 0 Å². The molecular weight excluding hydrogens is 217 g/mol. The molecule has 1 aromatic carbocycles. The van der Waals surface area contributed by atoms with Crippen LogP contribution >= 0.6 is 0 Å². The van der Waals surface area contributed by atoms with Gasteiger partial charge < -0.3 is 14.8 Å². The molecule has 1 saturated heterocycles. The summed E-state index contributed by atoms with van der Waals surface area (Å²) in [5.41, 5.74) is 1.65. The summed E-state index contributed by atoms with van der Waals surface area (Å²) in [4.78, 5) is 2.32. The zero-order valence-electron chi connectivity index (χ0n) is 10.0. The van der Waals surface area contributed by atoms with Gasteiger partial charge in [-0.25, -0.2) is 0 Å². The van der Waals surface area contributed by atoms with Crippen molar-refractivity contribution < 1.29 is 14.8 Å². The van der Waals surface area contributed by atoms with E-state index in [2.05, 4.69) is 11.8 Å². The summed E-state index contributed by atoms with van der Waals surface area (Å²) in [5, 5.41) is 18.2. The van der Waals surface area contributed by atoms with E-state index < -0.39 is 7.12 Å². The highest BCUT2D eigenvalue weighted by molar-refractivity contribution is 6.58. The lowest BCUT2D eigenvalue weighted by Gasteiger charge is -2.31. The predicted octanol–water partition coefficient (Wildman–Crippen LogP) is -0.413. The Hall–Kier alpha value is -0.875. The van der Waals surface area contributed by atoms with E-state index >= 15 is 0 Å². The van der Waals surface area contributed by atoms with Gasteiger partial charge in [-0.15, -0.1) is 0 Å². The van der Waals surface area contributed by atoms with Crippen LogP contribution < -0.4 is 5.46 Å². The van der Waals surface area contributed by atoms with E-state index in [1.54, 1.807) is 6.07 Å². The molecule has 1 heterocycles. The maximum atomic E-state index is 9.12. The Balaban J connectivity index is 2.00. The Morgan fingerprint density at radius 1 is 1.47 bits per heavy atom. The molecule has 17 heavy (non-hydrogen) atoms. The molecule has 1 aliphatic heterocycles.